The van der Waals surface area contributed by atoms with Crippen LogP contribution in [-0.2, 0) is 0 Å². The van der Waals surface area contributed by atoms with Crippen molar-refractivity contribution in [2.24, 2.45) is 5.92 Å². The van der Waals surface area contributed by atoms with Gasteiger partial charge in [-0.15, -0.1) is 0 Å². The summed E-state index contributed by atoms with van der Waals surface area (Å²) < 4.78 is 0. The highest BCUT2D eigenvalue weighted by Crippen LogP contribution is 2.29. The predicted octanol–water partition coefficient (Wildman–Crippen LogP) is 0.994. The van der Waals surface area contributed by atoms with Crippen LogP contribution in [0.3, 0.4) is 0 Å². The molecule has 0 bridgehead atoms. The molecule has 1 saturated carbocycles. The molecule has 1 saturated heterocycles. The van der Waals surface area contributed by atoms with E-state index in [1.165, 1.54) is 25.7 Å². The Balaban J connectivity index is 1.62. The van der Waals surface area contributed by atoms with Crippen molar-refractivity contribution in [2.45, 2.75) is 50.7 Å². The van der Waals surface area contributed by atoms with E-state index < -0.39 is 5.60 Å². The maximum Gasteiger partial charge on any atom is 0.0872 e. The van der Waals surface area contributed by atoms with Crippen molar-refractivity contribution in [2.75, 3.05) is 19.6 Å². The fraction of sp³-hybridized carbons (Fsp3) is 1.00. The molecule has 88 valence electrons. The highest BCUT2D eigenvalue weighted by molar-refractivity contribution is 4.92. The largest absolute Gasteiger partial charge is 0.392 e. The Labute approximate surface area is 92.1 Å². The number of hydrogen-bond donors (Lipinski definition) is 2. The fourth-order valence-electron chi connectivity index (χ4n) is 3.05. The predicted molar refractivity (Wildman–Crippen MR) is 59.6 cm³/mol. The lowest BCUT2D eigenvalue weighted by atomic mass is 9.94. The molecule has 1 aliphatic heterocycles. The molecule has 2 aliphatic rings. The molecule has 3 heteroatoms. The van der Waals surface area contributed by atoms with Crippen molar-refractivity contribution in [1.82, 2.24) is 4.90 Å². The molecule has 0 amide bonds. The highest BCUT2D eigenvalue weighted by atomic mass is 16.3. The molecule has 1 heterocycles. The lowest BCUT2D eigenvalue weighted by Crippen LogP contribution is -2.61. The summed E-state index contributed by atoms with van der Waals surface area (Å²) in [5.41, 5.74) is -0.507. The Kier molecular flexibility index (Phi) is 3.33. The summed E-state index contributed by atoms with van der Waals surface area (Å²) in [6.45, 7) is 4.03. The highest BCUT2D eigenvalue weighted by Gasteiger charge is 2.37. The van der Waals surface area contributed by atoms with Gasteiger partial charge in [-0.2, -0.15) is 0 Å². The van der Waals surface area contributed by atoms with Crippen LogP contribution >= 0.6 is 0 Å². The third-order valence-corrected chi connectivity index (χ3v) is 3.68. The lowest BCUT2D eigenvalue weighted by Gasteiger charge is -2.45. The molecule has 15 heavy (non-hydrogen) atoms. The molecule has 0 radical (unpaired) electrons. The van der Waals surface area contributed by atoms with E-state index in [1.807, 2.05) is 6.92 Å². The second-order valence-corrected chi connectivity index (χ2v) is 5.71. The van der Waals surface area contributed by atoms with Crippen LogP contribution < -0.4 is 0 Å². The van der Waals surface area contributed by atoms with Gasteiger partial charge in [0.25, 0.3) is 0 Å². The van der Waals surface area contributed by atoms with Crippen molar-refractivity contribution < 1.29 is 10.2 Å². The summed E-state index contributed by atoms with van der Waals surface area (Å²) in [6.07, 6.45) is 6.05. The normalized spacial score (nSPS) is 29.0. The number of β-amino-alcohol motifs (C(OH)–C–C–N with tert-alkyl or cyclic N) is 2. The van der Waals surface area contributed by atoms with Crippen molar-refractivity contribution >= 4 is 0 Å². The first kappa shape index (κ1) is 11.4. The van der Waals surface area contributed by atoms with E-state index in [0.717, 1.165) is 18.9 Å². The van der Waals surface area contributed by atoms with Gasteiger partial charge in [0.1, 0.15) is 0 Å². The lowest BCUT2D eigenvalue weighted by molar-refractivity contribution is -0.0965. The molecule has 1 atom stereocenters. The van der Waals surface area contributed by atoms with Crippen LogP contribution in [-0.4, -0.2) is 46.5 Å². The molecule has 2 N–H and O–H groups in total. The van der Waals surface area contributed by atoms with Gasteiger partial charge in [-0.1, -0.05) is 25.7 Å². The number of rotatable bonds is 4. The minimum Gasteiger partial charge on any atom is -0.392 e. The zero-order valence-corrected chi connectivity index (χ0v) is 9.65. The van der Waals surface area contributed by atoms with Gasteiger partial charge in [0, 0.05) is 19.6 Å². The van der Waals surface area contributed by atoms with E-state index in [0.29, 0.717) is 13.1 Å². The summed E-state index contributed by atoms with van der Waals surface area (Å²) in [4.78, 5) is 2.14. The van der Waals surface area contributed by atoms with E-state index in [9.17, 15) is 10.2 Å². The van der Waals surface area contributed by atoms with E-state index in [4.69, 9.17) is 0 Å². The minimum absolute atomic E-state index is 0.191. The second-order valence-electron chi connectivity index (χ2n) is 5.71. The summed E-state index contributed by atoms with van der Waals surface area (Å²) >= 11 is 0. The van der Waals surface area contributed by atoms with Crippen LogP contribution in [0.25, 0.3) is 0 Å². The molecule has 2 rings (SSSR count). The average Bonchev–Trinajstić information content (AvgIpc) is 2.52. The maximum atomic E-state index is 9.89. The van der Waals surface area contributed by atoms with Crippen LogP contribution in [0.4, 0.5) is 0 Å². The Hall–Kier alpha value is -0.120. The van der Waals surface area contributed by atoms with E-state index in [2.05, 4.69) is 4.90 Å². The average molecular weight is 213 g/mol. The van der Waals surface area contributed by atoms with Gasteiger partial charge in [0.2, 0.25) is 0 Å². The molecule has 1 aliphatic carbocycles. The van der Waals surface area contributed by atoms with Gasteiger partial charge < -0.3 is 10.2 Å². The Morgan fingerprint density at radius 3 is 2.47 bits per heavy atom. The van der Waals surface area contributed by atoms with Gasteiger partial charge in [0.05, 0.1) is 11.7 Å². The Morgan fingerprint density at radius 2 is 1.93 bits per heavy atom. The molecular formula is C12H23NO2. The second kappa shape index (κ2) is 4.40. The van der Waals surface area contributed by atoms with Gasteiger partial charge >= 0.3 is 0 Å². The summed E-state index contributed by atoms with van der Waals surface area (Å²) in [6, 6.07) is 0. The quantitative estimate of drug-likeness (QED) is 0.732. The first-order chi connectivity index (χ1) is 7.05. The molecule has 0 aromatic carbocycles. The van der Waals surface area contributed by atoms with Gasteiger partial charge in [-0.25, -0.2) is 0 Å². The van der Waals surface area contributed by atoms with Gasteiger partial charge in [-0.05, 0) is 19.3 Å². The van der Waals surface area contributed by atoms with Crippen LogP contribution in [0.15, 0.2) is 0 Å². The zero-order chi connectivity index (χ0) is 10.9. The van der Waals surface area contributed by atoms with Crippen LogP contribution in [0, 0.1) is 5.92 Å². The fourth-order valence-corrected chi connectivity index (χ4v) is 3.05. The Morgan fingerprint density at radius 1 is 1.33 bits per heavy atom. The third-order valence-electron chi connectivity index (χ3n) is 3.68. The van der Waals surface area contributed by atoms with Crippen LogP contribution in [0.1, 0.15) is 39.0 Å². The molecule has 3 nitrogen and oxygen atoms in total. The maximum absolute atomic E-state index is 9.89. The van der Waals surface area contributed by atoms with Crippen molar-refractivity contribution in [3.05, 3.63) is 0 Å². The SMILES string of the molecule is CC1(O)CN(CC(O)CC2CCCC2)C1. The standard InChI is InChI=1S/C12H23NO2/c1-12(15)8-13(9-12)7-11(14)6-10-4-2-3-5-10/h10-11,14-15H,2-9H2,1H3. The zero-order valence-electron chi connectivity index (χ0n) is 9.65. The monoisotopic (exact) mass is 213 g/mol. The van der Waals surface area contributed by atoms with Crippen molar-refractivity contribution in [3.8, 4) is 0 Å². The number of aliphatic hydroxyl groups excluding tert-OH is 1. The number of aliphatic hydroxyl groups is 2. The van der Waals surface area contributed by atoms with Crippen LogP contribution in [0.2, 0.25) is 0 Å². The Bertz CT molecular complexity index is 204. The minimum atomic E-state index is -0.507. The summed E-state index contributed by atoms with van der Waals surface area (Å²) in [7, 11) is 0. The van der Waals surface area contributed by atoms with Crippen LogP contribution in [0.5, 0.6) is 0 Å². The number of hydrogen-bond acceptors (Lipinski definition) is 3. The number of likely N-dealkylation sites (tertiary alicyclic amines) is 1. The number of nitrogens with zero attached hydrogens (tertiary/aromatic N) is 1. The molecule has 1 unspecified atom stereocenters. The summed E-state index contributed by atoms with van der Waals surface area (Å²) in [5, 5.41) is 19.4. The third kappa shape index (κ3) is 3.16. The molecule has 0 aromatic heterocycles. The van der Waals surface area contributed by atoms with E-state index in [-0.39, 0.29) is 6.10 Å². The summed E-state index contributed by atoms with van der Waals surface area (Å²) in [5.74, 6) is 0.752. The molecular weight excluding hydrogens is 190 g/mol. The topological polar surface area (TPSA) is 43.7 Å². The first-order valence-electron chi connectivity index (χ1n) is 6.18. The smallest absolute Gasteiger partial charge is 0.0872 e. The van der Waals surface area contributed by atoms with Crippen molar-refractivity contribution in [1.29, 1.82) is 0 Å². The molecule has 0 aromatic rings. The molecule has 0 spiro atoms. The van der Waals surface area contributed by atoms with Gasteiger partial charge in [0.15, 0.2) is 0 Å². The van der Waals surface area contributed by atoms with E-state index in [1.54, 1.807) is 0 Å². The first-order valence-corrected chi connectivity index (χ1v) is 6.18. The van der Waals surface area contributed by atoms with Gasteiger partial charge in [-0.3, -0.25) is 4.90 Å². The molecule has 2 fully saturated rings. The van der Waals surface area contributed by atoms with E-state index >= 15 is 0 Å². The van der Waals surface area contributed by atoms with Crippen molar-refractivity contribution in [3.63, 3.8) is 0 Å².